The molecule has 0 fully saturated rings. The third-order valence-electron chi connectivity index (χ3n) is 5.33. The number of aromatic nitrogens is 5. The van der Waals surface area contributed by atoms with E-state index in [1.807, 2.05) is 0 Å². The molecule has 2 aromatic carbocycles. The Morgan fingerprint density at radius 3 is 2.37 bits per heavy atom. The van der Waals surface area contributed by atoms with Gasteiger partial charge in [0.1, 0.15) is 11.4 Å². The first-order valence-corrected chi connectivity index (χ1v) is 10.3. The van der Waals surface area contributed by atoms with Crippen molar-refractivity contribution in [3.8, 4) is 34.0 Å². The third kappa shape index (κ3) is 4.39. The van der Waals surface area contributed by atoms with Crippen LogP contribution in [0.1, 0.15) is 11.1 Å². The van der Waals surface area contributed by atoms with Crippen LogP contribution in [-0.4, -0.2) is 24.7 Å². The Labute approximate surface area is 195 Å². The van der Waals surface area contributed by atoms with Crippen molar-refractivity contribution < 1.29 is 22.0 Å². The average molecular weight is 482 g/mol. The molecule has 0 saturated carbocycles. The van der Waals surface area contributed by atoms with E-state index in [9.17, 15) is 22.0 Å². The summed E-state index contributed by atoms with van der Waals surface area (Å²) in [6, 6.07) is 10.3. The van der Waals surface area contributed by atoms with Gasteiger partial charge >= 0.3 is 6.18 Å². The second kappa shape index (κ2) is 8.42. The largest absolute Gasteiger partial charge is 0.416 e. The summed E-state index contributed by atoms with van der Waals surface area (Å²) in [6.07, 6.45) is 0.168. The highest BCUT2D eigenvalue weighted by molar-refractivity contribution is 5.74. The van der Waals surface area contributed by atoms with E-state index in [-0.39, 0.29) is 17.1 Å². The van der Waals surface area contributed by atoms with Crippen LogP contribution in [0, 0.1) is 11.6 Å². The predicted octanol–water partition coefficient (Wildman–Crippen LogP) is 5.43. The van der Waals surface area contributed by atoms with Gasteiger partial charge in [-0.15, -0.1) is 0 Å². The Balaban J connectivity index is 1.37. The van der Waals surface area contributed by atoms with Crippen molar-refractivity contribution >= 4 is 5.69 Å². The molecule has 35 heavy (non-hydrogen) atoms. The number of imidazole rings is 1. The lowest BCUT2D eigenvalue weighted by Crippen LogP contribution is -2.07. The Kier molecular flexibility index (Phi) is 5.39. The average Bonchev–Trinajstić information content (AvgIpc) is 3.24. The van der Waals surface area contributed by atoms with Crippen LogP contribution in [0.2, 0.25) is 0 Å². The molecule has 0 atom stereocenters. The lowest BCUT2D eigenvalue weighted by Gasteiger charge is -2.11. The number of rotatable bonds is 4. The van der Waals surface area contributed by atoms with Crippen LogP contribution in [0.5, 0.6) is 0 Å². The van der Waals surface area contributed by atoms with E-state index in [0.717, 1.165) is 23.8 Å². The summed E-state index contributed by atoms with van der Waals surface area (Å²) in [6.45, 7) is 0.308. The van der Waals surface area contributed by atoms with Gasteiger partial charge in [-0.25, -0.2) is 18.7 Å². The van der Waals surface area contributed by atoms with Crippen LogP contribution in [0.15, 0.2) is 67.1 Å². The molecule has 0 saturated heterocycles. The summed E-state index contributed by atoms with van der Waals surface area (Å²) in [7, 11) is 0. The van der Waals surface area contributed by atoms with Crippen molar-refractivity contribution in [3.63, 3.8) is 0 Å². The molecule has 0 aliphatic carbocycles. The normalized spacial score (nSPS) is 11.8. The first kappa shape index (κ1) is 22.4. The Morgan fingerprint density at radius 1 is 0.857 bits per heavy atom. The number of alkyl halides is 3. The molecule has 2 aliphatic rings. The Morgan fingerprint density at radius 2 is 1.66 bits per heavy atom. The van der Waals surface area contributed by atoms with Crippen LogP contribution < -0.4 is 5.73 Å². The molecule has 2 N–H and O–H groups in total. The highest BCUT2D eigenvalue weighted by Gasteiger charge is 2.31. The highest BCUT2D eigenvalue weighted by Crippen LogP contribution is 2.34. The highest BCUT2D eigenvalue weighted by atomic mass is 19.4. The first-order valence-electron chi connectivity index (χ1n) is 10.3. The van der Waals surface area contributed by atoms with Gasteiger partial charge in [-0.1, -0.05) is 18.2 Å². The molecule has 2 aliphatic heterocycles. The van der Waals surface area contributed by atoms with Crippen molar-refractivity contribution in [2.24, 2.45) is 0 Å². The number of pyridine rings is 1. The standard InChI is InChI=1S/C24H15F5N6/c25-17-3-1-2-16(22(17)26)23-33-20-10-32-35(12-21(20)34-23)11-13-4-7-19(31-9-13)15-6-5-14(8-18(15)30)24(27,28)29/h1-10,12H,11,30H2. The summed E-state index contributed by atoms with van der Waals surface area (Å²) in [5, 5.41) is 4.27. The van der Waals surface area contributed by atoms with E-state index < -0.39 is 23.4 Å². The SMILES string of the molecule is Nc1cc(C(F)(F)F)ccc1-c1ccc(Cn2cc3nc(-c4cccc(F)c4F)nc-3cn2)cn1. The number of benzene rings is 2. The van der Waals surface area contributed by atoms with Crippen molar-refractivity contribution in [2.45, 2.75) is 12.7 Å². The summed E-state index contributed by atoms with van der Waals surface area (Å²) in [5.74, 6) is -1.96. The van der Waals surface area contributed by atoms with Crippen molar-refractivity contribution in [3.05, 3.63) is 89.9 Å². The summed E-state index contributed by atoms with van der Waals surface area (Å²) in [4.78, 5) is 12.8. The number of fused-ring (bicyclic) bond motifs is 1. The van der Waals surface area contributed by atoms with E-state index in [1.165, 1.54) is 24.4 Å². The molecule has 0 radical (unpaired) electrons. The summed E-state index contributed by atoms with van der Waals surface area (Å²) < 4.78 is 67.8. The lowest BCUT2D eigenvalue weighted by molar-refractivity contribution is -0.137. The fraction of sp³-hybridized carbons (Fsp3) is 0.0833. The minimum absolute atomic E-state index is 0.0260. The number of anilines is 1. The fourth-order valence-electron chi connectivity index (χ4n) is 3.58. The zero-order chi connectivity index (χ0) is 24.7. The minimum Gasteiger partial charge on any atom is -0.398 e. The molecule has 176 valence electrons. The maximum Gasteiger partial charge on any atom is 0.416 e. The first-order chi connectivity index (χ1) is 16.7. The topological polar surface area (TPSA) is 82.5 Å². The zero-order valence-corrected chi connectivity index (χ0v) is 17.8. The quantitative estimate of drug-likeness (QED) is 0.273. The van der Waals surface area contributed by atoms with Gasteiger partial charge in [0, 0.05) is 17.4 Å². The number of nitrogens with two attached hydrogens (primary N) is 1. The van der Waals surface area contributed by atoms with Gasteiger partial charge in [0.05, 0.1) is 35.8 Å². The molecular formula is C24H15F5N6. The van der Waals surface area contributed by atoms with E-state index in [1.54, 1.807) is 29.2 Å². The molecule has 0 amide bonds. The Bertz CT molecular complexity index is 1490. The number of nitrogens with zero attached hydrogens (tertiary/aromatic N) is 5. The predicted molar refractivity (Wildman–Crippen MR) is 118 cm³/mol. The summed E-state index contributed by atoms with van der Waals surface area (Å²) >= 11 is 0. The molecule has 3 heterocycles. The smallest absolute Gasteiger partial charge is 0.398 e. The lowest BCUT2D eigenvalue weighted by atomic mass is 10.0. The van der Waals surface area contributed by atoms with Crippen LogP contribution >= 0.6 is 0 Å². The maximum atomic E-state index is 14.1. The van der Waals surface area contributed by atoms with Crippen LogP contribution in [0.4, 0.5) is 27.6 Å². The van der Waals surface area contributed by atoms with E-state index >= 15 is 0 Å². The molecular weight excluding hydrogens is 467 g/mol. The second-order valence-electron chi connectivity index (χ2n) is 7.74. The van der Waals surface area contributed by atoms with Crippen molar-refractivity contribution in [2.75, 3.05) is 5.73 Å². The molecule has 0 bridgehead atoms. The van der Waals surface area contributed by atoms with Crippen LogP contribution in [-0.2, 0) is 12.7 Å². The van der Waals surface area contributed by atoms with E-state index in [4.69, 9.17) is 5.73 Å². The number of nitrogen functional groups attached to an aromatic ring is 1. The molecule has 1 aromatic heterocycles. The number of hydrogen-bond acceptors (Lipinski definition) is 5. The molecule has 11 heteroatoms. The van der Waals surface area contributed by atoms with Gasteiger partial charge in [0.15, 0.2) is 17.5 Å². The molecule has 6 nitrogen and oxygen atoms in total. The van der Waals surface area contributed by atoms with Gasteiger partial charge in [-0.3, -0.25) is 9.67 Å². The van der Waals surface area contributed by atoms with Crippen LogP contribution in [0.25, 0.3) is 34.0 Å². The van der Waals surface area contributed by atoms with Gasteiger partial charge < -0.3 is 5.73 Å². The van der Waals surface area contributed by atoms with E-state index in [0.29, 0.717) is 29.2 Å². The van der Waals surface area contributed by atoms with Gasteiger partial charge in [-0.2, -0.15) is 18.3 Å². The summed E-state index contributed by atoms with van der Waals surface area (Å²) in [5.41, 5.74) is 7.36. The zero-order valence-electron chi connectivity index (χ0n) is 17.8. The van der Waals surface area contributed by atoms with Gasteiger partial charge in [0.25, 0.3) is 0 Å². The molecule has 0 unspecified atom stereocenters. The number of hydrogen-bond donors (Lipinski definition) is 1. The molecule has 0 spiro atoms. The third-order valence-corrected chi connectivity index (χ3v) is 5.33. The fourth-order valence-corrected chi connectivity index (χ4v) is 3.58. The van der Waals surface area contributed by atoms with Crippen molar-refractivity contribution in [1.29, 1.82) is 0 Å². The Hall–Kier alpha value is -4.41. The van der Waals surface area contributed by atoms with Crippen molar-refractivity contribution in [1.82, 2.24) is 24.7 Å². The second-order valence-corrected chi connectivity index (χ2v) is 7.74. The van der Waals surface area contributed by atoms with Gasteiger partial charge in [0.2, 0.25) is 0 Å². The van der Waals surface area contributed by atoms with Gasteiger partial charge in [-0.05, 0) is 35.9 Å². The van der Waals surface area contributed by atoms with E-state index in [2.05, 4.69) is 20.1 Å². The number of halogens is 5. The minimum atomic E-state index is -4.48. The monoisotopic (exact) mass is 482 g/mol. The van der Waals surface area contributed by atoms with Crippen LogP contribution in [0.3, 0.4) is 0 Å². The maximum absolute atomic E-state index is 14.1. The molecule has 5 rings (SSSR count). The molecule has 3 aromatic rings.